The summed E-state index contributed by atoms with van der Waals surface area (Å²) in [6, 6.07) is 2.05. The molecule has 1 N–H and O–H groups in total. The van der Waals surface area contributed by atoms with Crippen molar-refractivity contribution >= 4 is 11.6 Å². The van der Waals surface area contributed by atoms with E-state index in [4.69, 9.17) is 21.1 Å². The summed E-state index contributed by atoms with van der Waals surface area (Å²) in [6.07, 6.45) is 2.86. The summed E-state index contributed by atoms with van der Waals surface area (Å²) in [4.78, 5) is 0. The molecule has 0 aliphatic carbocycles. The molecule has 2 heterocycles. The van der Waals surface area contributed by atoms with Gasteiger partial charge in [-0.25, -0.2) is 4.39 Å². The van der Waals surface area contributed by atoms with Crippen molar-refractivity contribution in [1.82, 2.24) is 5.32 Å². The van der Waals surface area contributed by atoms with Gasteiger partial charge in [0.15, 0.2) is 11.5 Å². The lowest BCUT2D eigenvalue weighted by Crippen LogP contribution is -2.24. The van der Waals surface area contributed by atoms with Crippen LogP contribution in [-0.2, 0) is 6.42 Å². The molecule has 98 valence electrons. The highest BCUT2D eigenvalue weighted by atomic mass is 35.5. The van der Waals surface area contributed by atoms with E-state index < -0.39 is 0 Å². The van der Waals surface area contributed by atoms with Crippen molar-refractivity contribution in [2.24, 2.45) is 0 Å². The Bertz CT molecular complexity index is 461. The molecule has 18 heavy (non-hydrogen) atoms. The van der Waals surface area contributed by atoms with Crippen LogP contribution in [0.1, 0.15) is 18.4 Å². The molecule has 0 saturated carbocycles. The zero-order chi connectivity index (χ0) is 12.5. The second-order valence-electron chi connectivity index (χ2n) is 4.69. The number of nitrogens with one attached hydrogen (secondary N) is 1. The van der Waals surface area contributed by atoms with Crippen LogP contribution in [-0.4, -0.2) is 25.8 Å². The fraction of sp³-hybridized carbons (Fsp3) is 0.538. The number of ether oxygens (including phenoxy) is 2. The number of halogens is 2. The smallest absolute Gasteiger partial charge is 0.182 e. The minimum Gasteiger partial charge on any atom is -0.486 e. The minimum absolute atomic E-state index is 0.0418. The molecule has 3 nitrogen and oxygen atoms in total. The lowest BCUT2D eigenvalue weighted by atomic mass is 10.0. The third kappa shape index (κ3) is 2.15. The van der Waals surface area contributed by atoms with Crippen LogP contribution in [0, 0.1) is 5.82 Å². The first-order chi connectivity index (χ1) is 8.75. The van der Waals surface area contributed by atoms with Gasteiger partial charge in [-0.2, -0.15) is 0 Å². The second kappa shape index (κ2) is 4.94. The molecule has 3 rings (SSSR count). The SMILES string of the molecule is Fc1c(CC2CCCN2)cc2c(c1Cl)OCCO2. The van der Waals surface area contributed by atoms with Gasteiger partial charge >= 0.3 is 0 Å². The first kappa shape index (κ1) is 12.1. The molecule has 2 aliphatic heterocycles. The Morgan fingerprint density at radius 2 is 2.22 bits per heavy atom. The van der Waals surface area contributed by atoms with Gasteiger partial charge in [0.2, 0.25) is 0 Å². The van der Waals surface area contributed by atoms with Gasteiger partial charge in [0.1, 0.15) is 24.1 Å². The van der Waals surface area contributed by atoms with Crippen molar-refractivity contribution in [1.29, 1.82) is 0 Å². The van der Waals surface area contributed by atoms with E-state index >= 15 is 0 Å². The molecule has 0 radical (unpaired) electrons. The van der Waals surface area contributed by atoms with Crippen molar-refractivity contribution in [3.05, 3.63) is 22.5 Å². The quantitative estimate of drug-likeness (QED) is 0.897. The predicted molar refractivity (Wildman–Crippen MR) is 67.1 cm³/mol. The standard InChI is InChI=1S/C13H15ClFNO2/c14-11-12(15)8(6-9-2-1-3-16-9)7-10-13(11)18-5-4-17-10/h7,9,16H,1-6H2. The molecular formula is C13H15ClFNO2. The van der Waals surface area contributed by atoms with Crippen molar-refractivity contribution in [3.63, 3.8) is 0 Å². The van der Waals surface area contributed by atoms with E-state index in [1.165, 1.54) is 0 Å². The van der Waals surface area contributed by atoms with Gasteiger partial charge in [-0.15, -0.1) is 0 Å². The number of fused-ring (bicyclic) bond motifs is 1. The molecule has 1 aromatic carbocycles. The second-order valence-corrected chi connectivity index (χ2v) is 5.06. The molecule has 0 amide bonds. The van der Waals surface area contributed by atoms with Crippen molar-refractivity contribution in [2.75, 3.05) is 19.8 Å². The molecule has 1 fully saturated rings. The molecule has 1 aromatic rings. The Morgan fingerprint density at radius 1 is 1.39 bits per heavy atom. The predicted octanol–water partition coefficient (Wildman–Crippen LogP) is 2.54. The molecule has 0 bridgehead atoms. The Kier molecular flexibility index (Phi) is 3.31. The average Bonchev–Trinajstić information content (AvgIpc) is 2.89. The normalized spacial score (nSPS) is 22.2. The van der Waals surface area contributed by atoms with Gasteiger partial charge in [-0.1, -0.05) is 11.6 Å². The summed E-state index contributed by atoms with van der Waals surface area (Å²) >= 11 is 6.00. The third-order valence-corrected chi connectivity index (χ3v) is 3.76. The molecule has 1 saturated heterocycles. The van der Waals surface area contributed by atoms with E-state index in [0.717, 1.165) is 19.4 Å². The molecule has 2 aliphatic rings. The first-order valence-corrected chi connectivity index (χ1v) is 6.63. The largest absolute Gasteiger partial charge is 0.486 e. The summed E-state index contributed by atoms with van der Waals surface area (Å²) in [6.45, 7) is 1.90. The number of benzene rings is 1. The van der Waals surface area contributed by atoms with Crippen LogP contribution in [0.3, 0.4) is 0 Å². The van der Waals surface area contributed by atoms with Crippen molar-refractivity contribution in [3.8, 4) is 11.5 Å². The Labute approximate surface area is 110 Å². The monoisotopic (exact) mass is 271 g/mol. The van der Waals surface area contributed by atoms with Gasteiger partial charge < -0.3 is 14.8 Å². The van der Waals surface area contributed by atoms with Gasteiger partial charge in [0.05, 0.1) is 0 Å². The Morgan fingerprint density at radius 3 is 3.00 bits per heavy atom. The van der Waals surface area contributed by atoms with E-state index in [1.807, 2.05) is 0 Å². The first-order valence-electron chi connectivity index (χ1n) is 6.25. The fourth-order valence-corrected chi connectivity index (χ4v) is 2.79. The highest BCUT2D eigenvalue weighted by Crippen LogP contribution is 2.41. The number of rotatable bonds is 2. The number of hydrogen-bond donors (Lipinski definition) is 1. The maximum Gasteiger partial charge on any atom is 0.182 e. The summed E-state index contributed by atoms with van der Waals surface area (Å²) in [5.41, 5.74) is 0.601. The summed E-state index contributed by atoms with van der Waals surface area (Å²) in [5.74, 6) is 0.513. The Balaban J connectivity index is 1.91. The molecule has 0 aromatic heterocycles. The lowest BCUT2D eigenvalue weighted by Gasteiger charge is -2.21. The van der Waals surface area contributed by atoms with Crippen LogP contribution >= 0.6 is 11.6 Å². The van der Waals surface area contributed by atoms with Gasteiger partial charge in [0, 0.05) is 6.04 Å². The molecule has 1 atom stereocenters. The summed E-state index contributed by atoms with van der Waals surface area (Å²) in [7, 11) is 0. The van der Waals surface area contributed by atoms with Gasteiger partial charge in [-0.05, 0) is 37.4 Å². The van der Waals surface area contributed by atoms with Crippen LogP contribution in [0.25, 0.3) is 0 Å². The van der Waals surface area contributed by atoms with E-state index in [0.29, 0.717) is 42.7 Å². The van der Waals surface area contributed by atoms with Crippen molar-refractivity contribution < 1.29 is 13.9 Å². The summed E-state index contributed by atoms with van der Waals surface area (Å²) < 4.78 is 25.0. The van der Waals surface area contributed by atoms with Crippen molar-refractivity contribution in [2.45, 2.75) is 25.3 Å². The zero-order valence-electron chi connectivity index (χ0n) is 9.97. The van der Waals surface area contributed by atoms with Gasteiger partial charge in [-0.3, -0.25) is 0 Å². The van der Waals surface area contributed by atoms with E-state index in [1.54, 1.807) is 6.07 Å². The summed E-state index contributed by atoms with van der Waals surface area (Å²) in [5, 5.41) is 3.39. The van der Waals surface area contributed by atoms with Crippen LogP contribution < -0.4 is 14.8 Å². The highest BCUT2D eigenvalue weighted by Gasteiger charge is 2.24. The molecule has 5 heteroatoms. The topological polar surface area (TPSA) is 30.5 Å². The molecular weight excluding hydrogens is 257 g/mol. The highest BCUT2D eigenvalue weighted by molar-refractivity contribution is 6.32. The lowest BCUT2D eigenvalue weighted by molar-refractivity contribution is 0.170. The van der Waals surface area contributed by atoms with E-state index in [9.17, 15) is 4.39 Å². The maximum atomic E-state index is 14.1. The molecule has 0 spiro atoms. The maximum absolute atomic E-state index is 14.1. The van der Waals surface area contributed by atoms with E-state index in [2.05, 4.69) is 5.32 Å². The fourth-order valence-electron chi connectivity index (χ4n) is 2.52. The Hall–Kier alpha value is -1.00. The van der Waals surface area contributed by atoms with Crippen LogP contribution in [0.2, 0.25) is 5.02 Å². The zero-order valence-corrected chi connectivity index (χ0v) is 10.7. The van der Waals surface area contributed by atoms with Crippen LogP contribution in [0.15, 0.2) is 6.07 Å². The van der Waals surface area contributed by atoms with E-state index in [-0.39, 0.29) is 10.8 Å². The van der Waals surface area contributed by atoms with Crippen LogP contribution in [0.5, 0.6) is 11.5 Å². The average molecular weight is 272 g/mol. The molecule has 1 unspecified atom stereocenters. The minimum atomic E-state index is -0.380. The third-order valence-electron chi connectivity index (χ3n) is 3.42. The number of hydrogen-bond acceptors (Lipinski definition) is 3. The van der Waals surface area contributed by atoms with Gasteiger partial charge in [0.25, 0.3) is 0 Å². The van der Waals surface area contributed by atoms with Crippen LogP contribution in [0.4, 0.5) is 4.39 Å².